The number of carbonyl (C=O) groups excluding carboxylic acids is 2. The van der Waals surface area contributed by atoms with Gasteiger partial charge >= 0.3 is 5.97 Å². The Hall–Kier alpha value is -2.15. The third-order valence-electron chi connectivity index (χ3n) is 3.37. The third kappa shape index (κ3) is 4.69. The van der Waals surface area contributed by atoms with E-state index in [9.17, 15) is 9.59 Å². The van der Waals surface area contributed by atoms with E-state index in [-0.39, 0.29) is 18.6 Å². The van der Waals surface area contributed by atoms with Crippen molar-refractivity contribution in [2.24, 2.45) is 0 Å². The quantitative estimate of drug-likeness (QED) is 0.628. The molecule has 1 aromatic carbocycles. The van der Waals surface area contributed by atoms with Crippen molar-refractivity contribution in [2.75, 3.05) is 6.61 Å². The lowest BCUT2D eigenvalue weighted by Crippen LogP contribution is -2.32. The molecule has 3 rings (SSSR count). The molecule has 1 N–H and O–H groups in total. The van der Waals surface area contributed by atoms with E-state index in [0.29, 0.717) is 9.21 Å². The maximum atomic E-state index is 12.3. The number of esters is 1. The maximum absolute atomic E-state index is 12.3. The Bertz CT molecular complexity index is 846. The molecular weight excluding hydrogens is 378 g/mol. The number of nitrogens with one attached hydrogen (secondary N) is 1. The molecule has 0 saturated carbocycles. The number of rotatable bonds is 6. The number of carbonyl (C=O) groups is 2. The van der Waals surface area contributed by atoms with Crippen molar-refractivity contribution in [3.63, 3.8) is 0 Å². The van der Waals surface area contributed by atoms with Crippen LogP contribution in [-0.4, -0.2) is 18.5 Å². The third-order valence-corrected chi connectivity index (χ3v) is 5.52. The molecule has 3 aromatic rings. The first-order valence-electron chi connectivity index (χ1n) is 7.43. The molecule has 4 nitrogen and oxygen atoms in total. The minimum absolute atomic E-state index is 0.274. The number of hydrogen-bond acceptors (Lipinski definition) is 5. The van der Waals surface area contributed by atoms with Gasteiger partial charge in [-0.15, -0.1) is 22.7 Å². The largest absolute Gasteiger partial charge is 0.451 e. The van der Waals surface area contributed by atoms with Gasteiger partial charge in [0.1, 0.15) is 4.88 Å². The van der Waals surface area contributed by atoms with E-state index in [4.69, 9.17) is 16.3 Å². The van der Waals surface area contributed by atoms with E-state index >= 15 is 0 Å². The van der Waals surface area contributed by atoms with Crippen molar-refractivity contribution < 1.29 is 14.3 Å². The number of ether oxygens (including phenoxy) is 1. The fourth-order valence-corrected chi connectivity index (χ4v) is 3.99. The first-order chi connectivity index (χ1) is 12.1. The molecule has 0 aliphatic heterocycles. The Kier molecular flexibility index (Phi) is 5.86. The molecule has 2 aromatic heterocycles. The molecule has 0 spiro atoms. The smallest absolute Gasteiger partial charge is 0.348 e. The standard InChI is InChI=1S/C18H14ClNO3S2/c19-15-9-8-14(25-15)18(22)23-11-16(21)20-17(13-7-4-10-24-13)12-5-2-1-3-6-12/h1-10,17H,11H2,(H,20,21)/t17-/m0/s1. The van der Waals surface area contributed by atoms with Crippen molar-refractivity contribution in [3.8, 4) is 0 Å². The second-order valence-corrected chi connectivity index (χ2v) is 7.80. The van der Waals surface area contributed by atoms with Gasteiger partial charge in [-0.1, -0.05) is 48.0 Å². The van der Waals surface area contributed by atoms with Crippen molar-refractivity contribution in [2.45, 2.75) is 6.04 Å². The normalized spacial score (nSPS) is 11.7. The summed E-state index contributed by atoms with van der Waals surface area (Å²) in [5, 5.41) is 4.88. The number of amides is 1. The molecule has 0 aliphatic rings. The summed E-state index contributed by atoms with van der Waals surface area (Å²) in [7, 11) is 0. The van der Waals surface area contributed by atoms with Crippen LogP contribution in [0, 0.1) is 0 Å². The van der Waals surface area contributed by atoms with Crippen molar-refractivity contribution in [1.29, 1.82) is 0 Å². The molecule has 0 aliphatic carbocycles. The maximum Gasteiger partial charge on any atom is 0.348 e. The van der Waals surface area contributed by atoms with E-state index in [1.165, 1.54) is 0 Å². The highest BCUT2D eigenvalue weighted by atomic mass is 35.5. The summed E-state index contributed by atoms with van der Waals surface area (Å²) in [5.74, 6) is -0.919. The molecular formula is C18H14ClNO3S2. The summed E-state index contributed by atoms with van der Waals surface area (Å²) in [6.45, 7) is -0.344. The molecule has 0 radical (unpaired) electrons. The number of halogens is 1. The van der Waals surface area contributed by atoms with Crippen molar-refractivity contribution >= 4 is 46.2 Å². The number of benzene rings is 1. The summed E-state index contributed by atoms with van der Waals surface area (Å²) in [6.07, 6.45) is 0. The van der Waals surface area contributed by atoms with Gasteiger partial charge in [0.15, 0.2) is 6.61 Å². The fraction of sp³-hybridized carbons (Fsp3) is 0.111. The zero-order chi connectivity index (χ0) is 17.6. The van der Waals surface area contributed by atoms with Crippen LogP contribution in [0.1, 0.15) is 26.2 Å². The van der Waals surface area contributed by atoms with Crippen molar-refractivity contribution in [3.05, 3.63) is 79.6 Å². The highest BCUT2D eigenvalue weighted by Crippen LogP contribution is 2.26. The molecule has 0 fully saturated rings. The van der Waals surface area contributed by atoms with E-state index in [1.807, 2.05) is 47.8 Å². The lowest BCUT2D eigenvalue weighted by atomic mass is 10.1. The van der Waals surface area contributed by atoms with Crippen LogP contribution >= 0.6 is 34.3 Å². The molecule has 7 heteroatoms. The van der Waals surface area contributed by atoms with Crippen LogP contribution in [0.2, 0.25) is 4.34 Å². The van der Waals surface area contributed by atoms with Gasteiger partial charge in [-0.2, -0.15) is 0 Å². The van der Waals surface area contributed by atoms with E-state index in [2.05, 4.69) is 5.32 Å². The molecule has 25 heavy (non-hydrogen) atoms. The topological polar surface area (TPSA) is 55.4 Å². The Balaban J connectivity index is 1.64. The summed E-state index contributed by atoms with van der Waals surface area (Å²) in [5.41, 5.74) is 0.967. The number of hydrogen-bond donors (Lipinski definition) is 1. The van der Waals surface area contributed by atoms with Gasteiger partial charge in [-0.05, 0) is 29.1 Å². The van der Waals surface area contributed by atoms with Crippen LogP contribution in [0.15, 0.2) is 60.0 Å². The Labute approximate surface area is 158 Å². The minimum Gasteiger partial charge on any atom is -0.451 e. The van der Waals surface area contributed by atoms with Crippen LogP contribution in [0.3, 0.4) is 0 Å². The average molecular weight is 392 g/mol. The zero-order valence-electron chi connectivity index (χ0n) is 13.0. The SMILES string of the molecule is O=C(COC(=O)c1ccc(Cl)s1)N[C@@H](c1ccccc1)c1cccs1. The van der Waals surface area contributed by atoms with Crippen LogP contribution < -0.4 is 5.32 Å². The lowest BCUT2D eigenvalue weighted by molar-refractivity contribution is -0.124. The van der Waals surface area contributed by atoms with Crippen molar-refractivity contribution in [1.82, 2.24) is 5.32 Å². The highest BCUT2D eigenvalue weighted by molar-refractivity contribution is 7.17. The highest BCUT2D eigenvalue weighted by Gasteiger charge is 2.19. The monoisotopic (exact) mass is 391 g/mol. The molecule has 1 amide bonds. The summed E-state index contributed by atoms with van der Waals surface area (Å²) < 4.78 is 5.56. The summed E-state index contributed by atoms with van der Waals surface area (Å²) in [4.78, 5) is 25.5. The average Bonchev–Trinajstić information content (AvgIpc) is 3.30. The first kappa shape index (κ1) is 17.7. The van der Waals surface area contributed by atoms with Gasteiger partial charge in [0.05, 0.1) is 10.4 Å². The van der Waals surface area contributed by atoms with E-state index in [1.54, 1.807) is 23.5 Å². The summed E-state index contributed by atoms with van der Waals surface area (Å²) in [6, 6.07) is 16.5. The van der Waals surface area contributed by atoms with Gasteiger partial charge in [0.2, 0.25) is 0 Å². The molecule has 0 saturated heterocycles. The van der Waals surface area contributed by atoms with E-state index in [0.717, 1.165) is 21.8 Å². The Morgan fingerprint density at radius 1 is 1.08 bits per heavy atom. The summed E-state index contributed by atoms with van der Waals surface area (Å²) >= 11 is 8.47. The second kappa shape index (κ2) is 8.29. The van der Waals surface area contributed by atoms with Crippen LogP contribution in [-0.2, 0) is 9.53 Å². The van der Waals surface area contributed by atoms with Gasteiger partial charge in [-0.3, -0.25) is 4.79 Å². The molecule has 1 atom stereocenters. The van der Waals surface area contributed by atoms with E-state index < -0.39 is 5.97 Å². The van der Waals surface area contributed by atoms with Crippen LogP contribution in [0.25, 0.3) is 0 Å². The lowest BCUT2D eigenvalue weighted by Gasteiger charge is -2.18. The Morgan fingerprint density at radius 2 is 1.88 bits per heavy atom. The Morgan fingerprint density at radius 3 is 2.52 bits per heavy atom. The van der Waals surface area contributed by atoms with Gasteiger partial charge in [0.25, 0.3) is 5.91 Å². The zero-order valence-corrected chi connectivity index (χ0v) is 15.4. The molecule has 0 unspecified atom stereocenters. The predicted molar refractivity (Wildman–Crippen MR) is 100 cm³/mol. The van der Waals surface area contributed by atoms with Crippen LogP contribution in [0.4, 0.5) is 0 Å². The van der Waals surface area contributed by atoms with Gasteiger partial charge < -0.3 is 10.1 Å². The minimum atomic E-state index is -0.556. The predicted octanol–water partition coefficient (Wildman–Crippen LogP) is 4.53. The number of thiophene rings is 2. The van der Waals surface area contributed by atoms with Crippen LogP contribution in [0.5, 0.6) is 0 Å². The molecule has 0 bridgehead atoms. The fourth-order valence-electron chi connectivity index (χ4n) is 2.25. The van der Waals surface area contributed by atoms with Gasteiger partial charge in [-0.25, -0.2) is 4.79 Å². The van der Waals surface area contributed by atoms with Gasteiger partial charge in [0, 0.05) is 4.88 Å². The second-order valence-electron chi connectivity index (χ2n) is 5.11. The first-order valence-corrected chi connectivity index (χ1v) is 9.51. The molecule has 128 valence electrons. The molecule has 2 heterocycles.